The molecule has 0 bridgehead atoms. The highest BCUT2D eigenvalue weighted by atomic mass is 16.5. The molecule has 2 aliphatic rings. The van der Waals surface area contributed by atoms with Crippen molar-refractivity contribution in [3.8, 4) is 0 Å². The number of nitrogens with zero attached hydrogens (tertiary/aromatic N) is 5. The van der Waals surface area contributed by atoms with Gasteiger partial charge in [0.15, 0.2) is 5.65 Å². The highest BCUT2D eigenvalue weighted by molar-refractivity contribution is 5.75. The summed E-state index contributed by atoms with van der Waals surface area (Å²) in [4.78, 5) is 21.3. The van der Waals surface area contributed by atoms with E-state index in [0.29, 0.717) is 5.92 Å². The number of anilines is 1. The Morgan fingerprint density at radius 2 is 1.83 bits per heavy atom. The third-order valence-electron chi connectivity index (χ3n) is 4.97. The Bertz CT molecular complexity index is 743. The summed E-state index contributed by atoms with van der Waals surface area (Å²) in [7, 11) is 0. The zero-order chi connectivity index (χ0) is 16.0. The van der Waals surface area contributed by atoms with Gasteiger partial charge in [0.2, 0.25) is 5.95 Å². The van der Waals surface area contributed by atoms with Gasteiger partial charge in [0.05, 0.1) is 29.8 Å². The standard InChI is InChI=1S/C17H23N5O/c1-10-9-22(7-8-23-10)17-20-14(13-5-4-6-13)15-16(21-17)19-12(3)11(2)18-15/h10,13H,4-9H2,1-3H3. The van der Waals surface area contributed by atoms with Crippen molar-refractivity contribution >= 4 is 17.1 Å². The predicted molar refractivity (Wildman–Crippen MR) is 88.8 cm³/mol. The van der Waals surface area contributed by atoms with Crippen LogP contribution in [0.1, 0.15) is 49.2 Å². The highest BCUT2D eigenvalue weighted by Gasteiger charge is 2.27. The number of morpholine rings is 1. The van der Waals surface area contributed by atoms with Crippen LogP contribution in [0.15, 0.2) is 0 Å². The molecule has 4 rings (SSSR count). The highest BCUT2D eigenvalue weighted by Crippen LogP contribution is 2.38. The topological polar surface area (TPSA) is 64.0 Å². The summed E-state index contributed by atoms with van der Waals surface area (Å²) >= 11 is 0. The van der Waals surface area contributed by atoms with E-state index in [9.17, 15) is 0 Å². The molecule has 1 saturated heterocycles. The van der Waals surface area contributed by atoms with Crippen molar-refractivity contribution in [1.82, 2.24) is 19.9 Å². The minimum atomic E-state index is 0.209. The molecule has 3 heterocycles. The van der Waals surface area contributed by atoms with Gasteiger partial charge in [-0.15, -0.1) is 0 Å². The molecule has 1 aliphatic heterocycles. The molecule has 1 saturated carbocycles. The lowest BCUT2D eigenvalue weighted by Gasteiger charge is -2.32. The van der Waals surface area contributed by atoms with E-state index >= 15 is 0 Å². The van der Waals surface area contributed by atoms with Crippen molar-refractivity contribution in [3.63, 3.8) is 0 Å². The molecule has 1 unspecified atom stereocenters. The molecule has 23 heavy (non-hydrogen) atoms. The van der Waals surface area contributed by atoms with Crippen LogP contribution in [0.5, 0.6) is 0 Å². The van der Waals surface area contributed by atoms with Gasteiger partial charge in [-0.1, -0.05) is 6.42 Å². The number of ether oxygens (including phenoxy) is 1. The van der Waals surface area contributed by atoms with Crippen LogP contribution in [-0.2, 0) is 4.74 Å². The molecule has 0 N–H and O–H groups in total. The molecule has 0 spiro atoms. The Morgan fingerprint density at radius 3 is 2.52 bits per heavy atom. The van der Waals surface area contributed by atoms with Crippen LogP contribution >= 0.6 is 0 Å². The van der Waals surface area contributed by atoms with Crippen LogP contribution in [0.2, 0.25) is 0 Å². The fourth-order valence-electron chi connectivity index (χ4n) is 3.23. The second-order valence-corrected chi connectivity index (χ2v) is 6.73. The number of hydrogen-bond acceptors (Lipinski definition) is 6. The molecular formula is C17H23N5O. The lowest BCUT2D eigenvalue weighted by Crippen LogP contribution is -2.42. The fraction of sp³-hybridized carbons (Fsp3) is 0.647. The van der Waals surface area contributed by atoms with Crippen molar-refractivity contribution in [2.75, 3.05) is 24.6 Å². The maximum atomic E-state index is 5.64. The van der Waals surface area contributed by atoms with E-state index in [0.717, 1.165) is 53.9 Å². The number of aryl methyl sites for hydroxylation is 2. The van der Waals surface area contributed by atoms with Crippen molar-refractivity contribution in [2.24, 2.45) is 0 Å². The van der Waals surface area contributed by atoms with Gasteiger partial charge in [-0.2, -0.15) is 4.98 Å². The van der Waals surface area contributed by atoms with E-state index in [1.165, 1.54) is 19.3 Å². The van der Waals surface area contributed by atoms with Gasteiger partial charge >= 0.3 is 0 Å². The summed E-state index contributed by atoms with van der Waals surface area (Å²) in [5.41, 5.74) is 4.62. The van der Waals surface area contributed by atoms with Crippen LogP contribution in [0.25, 0.3) is 11.2 Å². The average Bonchev–Trinajstić information content (AvgIpc) is 2.47. The molecule has 6 nitrogen and oxygen atoms in total. The van der Waals surface area contributed by atoms with Crippen molar-refractivity contribution in [1.29, 1.82) is 0 Å². The Labute approximate surface area is 136 Å². The molecule has 122 valence electrons. The SMILES string of the molecule is Cc1nc2nc(N3CCOC(C)C3)nc(C3CCC3)c2nc1C. The molecule has 0 radical (unpaired) electrons. The lowest BCUT2D eigenvalue weighted by atomic mass is 9.82. The van der Waals surface area contributed by atoms with E-state index in [2.05, 4.69) is 16.8 Å². The lowest BCUT2D eigenvalue weighted by molar-refractivity contribution is 0.0526. The Kier molecular flexibility index (Phi) is 3.64. The number of rotatable bonds is 2. The molecule has 6 heteroatoms. The van der Waals surface area contributed by atoms with Gasteiger partial charge in [0.1, 0.15) is 5.52 Å². The third kappa shape index (κ3) is 2.65. The summed E-state index contributed by atoms with van der Waals surface area (Å²) in [5, 5.41) is 0. The summed E-state index contributed by atoms with van der Waals surface area (Å²) in [5.74, 6) is 1.29. The van der Waals surface area contributed by atoms with Gasteiger partial charge in [-0.25, -0.2) is 15.0 Å². The smallest absolute Gasteiger partial charge is 0.227 e. The quantitative estimate of drug-likeness (QED) is 0.849. The average molecular weight is 313 g/mol. The van der Waals surface area contributed by atoms with E-state index < -0.39 is 0 Å². The minimum absolute atomic E-state index is 0.209. The minimum Gasteiger partial charge on any atom is -0.375 e. The van der Waals surface area contributed by atoms with Gasteiger partial charge in [0.25, 0.3) is 0 Å². The normalized spacial score (nSPS) is 22.4. The number of fused-ring (bicyclic) bond motifs is 1. The van der Waals surface area contributed by atoms with E-state index in [-0.39, 0.29) is 6.10 Å². The first-order chi connectivity index (χ1) is 11.1. The maximum absolute atomic E-state index is 5.64. The maximum Gasteiger partial charge on any atom is 0.227 e. The van der Waals surface area contributed by atoms with Gasteiger partial charge in [-0.3, -0.25) is 0 Å². The van der Waals surface area contributed by atoms with E-state index in [1.54, 1.807) is 0 Å². The van der Waals surface area contributed by atoms with Crippen molar-refractivity contribution in [3.05, 3.63) is 17.1 Å². The summed E-state index contributed by atoms with van der Waals surface area (Å²) in [6, 6.07) is 0. The van der Waals surface area contributed by atoms with Gasteiger partial charge in [0, 0.05) is 19.0 Å². The van der Waals surface area contributed by atoms with E-state index in [1.807, 2.05) is 13.8 Å². The van der Waals surface area contributed by atoms with Crippen LogP contribution in [0, 0.1) is 13.8 Å². The number of hydrogen-bond donors (Lipinski definition) is 0. The predicted octanol–water partition coefficient (Wildman–Crippen LogP) is 2.53. The summed E-state index contributed by atoms with van der Waals surface area (Å²) in [6.45, 7) is 8.46. The summed E-state index contributed by atoms with van der Waals surface area (Å²) < 4.78 is 5.64. The van der Waals surface area contributed by atoms with Gasteiger partial charge in [-0.05, 0) is 33.6 Å². The van der Waals surface area contributed by atoms with Crippen molar-refractivity contribution < 1.29 is 4.74 Å². The van der Waals surface area contributed by atoms with Crippen molar-refractivity contribution in [2.45, 2.75) is 52.1 Å². The second kappa shape index (κ2) is 5.67. The van der Waals surface area contributed by atoms with E-state index in [4.69, 9.17) is 19.7 Å². The first kappa shape index (κ1) is 14.8. The second-order valence-electron chi connectivity index (χ2n) is 6.73. The molecular weight excluding hydrogens is 290 g/mol. The zero-order valence-electron chi connectivity index (χ0n) is 14.0. The van der Waals surface area contributed by atoms with Crippen LogP contribution in [-0.4, -0.2) is 45.7 Å². The largest absolute Gasteiger partial charge is 0.375 e. The number of aromatic nitrogens is 4. The Balaban J connectivity index is 1.83. The Morgan fingerprint density at radius 1 is 1.04 bits per heavy atom. The third-order valence-corrected chi connectivity index (χ3v) is 4.97. The summed E-state index contributed by atoms with van der Waals surface area (Å²) in [6.07, 6.45) is 3.87. The molecule has 2 aromatic rings. The fourth-order valence-corrected chi connectivity index (χ4v) is 3.23. The molecule has 1 aliphatic carbocycles. The Hall–Kier alpha value is -1.82. The first-order valence-electron chi connectivity index (χ1n) is 8.51. The van der Waals surface area contributed by atoms with Crippen LogP contribution < -0.4 is 4.90 Å². The zero-order valence-corrected chi connectivity index (χ0v) is 14.0. The monoisotopic (exact) mass is 313 g/mol. The molecule has 2 aromatic heterocycles. The van der Waals surface area contributed by atoms with Crippen LogP contribution in [0.3, 0.4) is 0 Å². The first-order valence-corrected chi connectivity index (χ1v) is 8.51. The van der Waals surface area contributed by atoms with Crippen LogP contribution in [0.4, 0.5) is 5.95 Å². The molecule has 0 aromatic carbocycles. The van der Waals surface area contributed by atoms with Gasteiger partial charge < -0.3 is 9.64 Å². The molecule has 2 fully saturated rings. The molecule has 1 atom stereocenters. The molecule has 0 amide bonds.